The first-order chi connectivity index (χ1) is 3.63. The highest BCUT2D eigenvalue weighted by Crippen LogP contribution is 1.96. The third-order valence-corrected chi connectivity index (χ3v) is 0.942. The molecule has 49 valence electrons. The van der Waals surface area contributed by atoms with Crippen molar-refractivity contribution in [2.45, 2.75) is 13.8 Å². The van der Waals surface area contributed by atoms with E-state index in [2.05, 4.69) is 39.3 Å². The van der Waals surface area contributed by atoms with Gasteiger partial charge in [0, 0.05) is 6.54 Å². The molecule has 0 aliphatic carbocycles. The Morgan fingerprint density at radius 1 is 1.38 bits per heavy atom. The SMILES string of the molecule is CC(C)[CH]CN(C)C. The molecule has 0 heterocycles. The lowest BCUT2D eigenvalue weighted by atomic mass is 10.1. The van der Waals surface area contributed by atoms with E-state index in [0.717, 1.165) is 12.5 Å². The Hall–Kier alpha value is -0.0400. The maximum absolute atomic E-state index is 2.29. The zero-order valence-corrected chi connectivity index (χ0v) is 6.31. The van der Waals surface area contributed by atoms with Crippen LogP contribution in [0.5, 0.6) is 0 Å². The van der Waals surface area contributed by atoms with Crippen LogP contribution in [0.15, 0.2) is 0 Å². The highest BCUT2D eigenvalue weighted by atomic mass is 15.0. The molecule has 0 aliphatic rings. The average Bonchev–Trinajstić information content (AvgIpc) is 1.61. The Morgan fingerprint density at radius 2 is 1.88 bits per heavy atom. The van der Waals surface area contributed by atoms with Gasteiger partial charge in [-0.15, -0.1) is 0 Å². The molecule has 0 aromatic heterocycles. The van der Waals surface area contributed by atoms with Gasteiger partial charge in [0.05, 0.1) is 0 Å². The lowest BCUT2D eigenvalue weighted by Crippen LogP contribution is -2.15. The van der Waals surface area contributed by atoms with E-state index in [1.54, 1.807) is 0 Å². The van der Waals surface area contributed by atoms with Gasteiger partial charge in [-0.05, 0) is 26.4 Å². The van der Waals surface area contributed by atoms with Crippen LogP contribution in [0.1, 0.15) is 13.8 Å². The Morgan fingerprint density at radius 3 is 2.00 bits per heavy atom. The molecule has 0 aromatic rings. The molecule has 0 saturated heterocycles. The fraction of sp³-hybridized carbons (Fsp3) is 0.857. The molecule has 0 rings (SSSR count). The molecule has 0 atom stereocenters. The van der Waals surface area contributed by atoms with Gasteiger partial charge in [-0.1, -0.05) is 13.8 Å². The van der Waals surface area contributed by atoms with Crippen molar-refractivity contribution in [1.29, 1.82) is 0 Å². The summed E-state index contributed by atoms with van der Waals surface area (Å²) in [6, 6.07) is 0. The van der Waals surface area contributed by atoms with E-state index in [1.165, 1.54) is 0 Å². The monoisotopic (exact) mass is 114 g/mol. The van der Waals surface area contributed by atoms with Crippen LogP contribution in [-0.4, -0.2) is 25.5 Å². The Kier molecular flexibility index (Phi) is 3.88. The molecule has 0 aliphatic heterocycles. The van der Waals surface area contributed by atoms with Gasteiger partial charge in [-0.3, -0.25) is 0 Å². The summed E-state index contributed by atoms with van der Waals surface area (Å²) in [6.07, 6.45) is 2.29. The van der Waals surface area contributed by atoms with Crippen LogP contribution >= 0.6 is 0 Å². The van der Waals surface area contributed by atoms with E-state index >= 15 is 0 Å². The maximum atomic E-state index is 2.29. The molecule has 0 fully saturated rings. The molecule has 0 amide bonds. The van der Waals surface area contributed by atoms with Crippen molar-refractivity contribution < 1.29 is 0 Å². The predicted octanol–water partition coefficient (Wildman–Crippen LogP) is 1.41. The van der Waals surface area contributed by atoms with Gasteiger partial charge < -0.3 is 4.90 Å². The second-order valence-electron chi connectivity index (χ2n) is 2.74. The first-order valence-corrected chi connectivity index (χ1v) is 3.11. The summed E-state index contributed by atoms with van der Waals surface area (Å²) in [5.41, 5.74) is 0. The van der Waals surface area contributed by atoms with Crippen LogP contribution < -0.4 is 0 Å². The van der Waals surface area contributed by atoms with E-state index in [4.69, 9.17) is 0 Å². The molecule has 0 aromatic carbocycles. The lowest BCUT2D eigenvalue weighted by Gasteiger charge is -2.09. The van der Waals surface area contributed by atoms with Gasteiger partial charge in [0.15, 0.2) is 0 Å². The minimum atomic E-state index is 0.720. The molecule has 8 heavy (non-hydrogen) atoms. The maximum Gasteiger partial charge on any atom is 0.000923 e. The average molecular weight is 114 g/mol. The normalized spacial score (nSPS) is 11.2. The van der Waals surface area contributed by atoms with E-state index in [0.29, 0.717) is 0 Å². The van der Waals surface area contributed by atoms with Gasteiger partial charge in [0.25, 0.3) is 0 Å². The third-order valence-electron chi connectivity index (χ3n) is 0.942. The summed E-state index contributed by atoms with van der Waals surface area (Å²) in [7, 11) is 4.16. The summed E-state index contributed by atoms with van der Waals surface area (Å²) < 4.78 is 0. The minimum absolute atomic E-state index is 0.720. The van der Waals surface area contributed by atoms with Gasteiger partial charge in [0.2, 0.25) is 0 Å². The Labute approximate surface area is 52.7 Å². The van der Waals surface area contributed by atoms with Crippen molar-refractivity contribution in [3.05, 3.63) is 6.42 Å². The van der Waals surface area contributed by atoms with E-state index in [-0.39, 0.29) is 0 Å². The smallest absolute Gasteiger partial charge is 0.000923 e. The number of hydrogen-bond acceptors (Lipinski definition) is 1. The van der Waals surface area contributed by atoms with E-state index < -0.39 is 0 Å². The van der Waals surface area contributed by atoms with Crippen LogP contribution in [0.3, 0.4) is 0 Å². The molecule has 1 heteroatoms. The lowest BCUT2D eigenvalue weighted by molar-refractivity contribution is 0.424. The molecule has 1 radical (unpaired) electrons. The Balaban J connectivity index is 2.93. The summed E-state index contributed by atoms with van der Waals surface area (Å²) in [5, 5.41) is 0. The molecule has 1 nitrogen and oxygen atoms in total. The van der Waals surface area contributed by atoms with E-state index in [1.807, 2.05) is 0 Å². The minimum Gasteiger partial charge on any atom is -0.309 e. The highest BCUT2D eigenvalue weighted by molar-refractivity contribution is 4.70. The van der Waals surface area contributed by atoms with Gasteiger partial charge in [-0.2, -0.15) is 0 Å². The number of nitrogens with zero attached hydrogens (tertiary/aromatic N) is 1. The van der Waals surface area contributed by atoms with Crippen LogP contribution in [-0.2, 0) is 0 Å². The molecule has 0 bridgehead atoms. The zero-order chi connectivity index (χ0) is 6.57. The molecule has 0 N–H and O–H groups in total. The standard InChI is InChI=1S/C7H16N/c1-7(2)5-6-8(3)4/h5,7H,6H2,1-4H3. The highest BCUT2D eigenvalue weighted by Gasteiger charge is 1.93. The van der Waals surface area contributed by atoms with Crippen LogP contribution in [0.2, 0.25) is 0 Å². The first-order valence-electron chi connectivity index (χ1n) is 3.11. The van der Waals surface area contributed by atoms with Crippen molar-refractivity contribution in [3.8, 4) is 0 Å². The second kappa shape index (κ2) is 3.90. The summed E-state index contributed by atoms with van der Waals surface area (Å²) in [4.78, 5) is 2.17. The van der Waals surface area contributed by atoms with Crippen molar-refractivity contribution in [2.75, 3.05) is 20.6 Å². The van der Waals surface area contributed by atoms with Crippen LogP contribution in [0.4, 0.5) is 0 Å². The molecule has 0 saturated carbocycles. The van der Waals surface area contributed by atoms with E-state index in [9.17, 15) is 0 Å². The largest absolute Gasteiger partial charge is 0.309 e. The number of hydrogen-bond donors (Lipinski definition) is 0. The molecule has 0 spiro atoms. The predicted molar refractivity (Wildman–Crippen MR) is 37.7 cm³/mol. The molecule has 0 unspecified atom stereocenters. The molecular formula is C7H16N. The fourth-order valence-corrected chi connectivity index (χ4v) is 0.422. The Bertz CT molecular complexity index is 40.3. The quantitative estimate of drug-likeness (QED) is 0.536. The van der Waals surface area contributed by atoms with Gasteiger partial charge in [0.1, 0.15) is 0 Å². The summed E-state index contributed by atoms with van der Waals surface area (Å²) >= 11 is 0. The zero-order valence-electron chi connectivity index (χ0n) is 6.31. The molecular weight excluding hydrogens is 98.1 g/mol. The second-order valence-corrected chi connectivity index (χ2v) is 2.74. The summed E-state index contributed by atoms with van der Waals surface area (Å²) in [5.74, 6) is 0.720. The van der Waals surface area contributed by atoms with Crippen LogP contribution in [0.25, 0.3) is 0 Å². The number of rotatable bonds is 3. The fourth-order valence-electron chi connectivity index (χ4n) is 0.422. The topological polar surface area (TPSA) is 3.24 Å². The third kappa shape index (κ3) is 5.96. The van der Waals surface area contributed by atoms with Crippen molar-refractivity contribution in [2.24, 2.45) is 5.92 Å². The summed E-state index contributed by atoms with van der Waals surface area (Å²) in [6.45, 7) is 5.49. The first kappa shape index (κ1) is 7.96. The van der Waals surface area contributed by atoms with Crippen molar-refractivity contribution >= 4 is 0 Å². The van der Waals surface area contributed by atoms with Gasteiger partial charge in [-0.25, -0.2) is 0 Å². The van der Waals surface area contributed by atoms with Crippen molar-refractivity contribution in [1.82, 2.24) is 4.90 Å². The van der Waals surface area contributed by atoms with Gasteiger partial charge >= 0.3 is 0 Å². The van der Waals surface area contributed by atoms with Crippen LogP contribution in [0, 0.1) is 12.3 Å². The van der Waals surface area contributed by atoms with Crippen molar-refractivity contribution in [3.63, 3.8) is 0 Å².